The molecule has 17 heavy (non-hydrogen) atoms. The second-order valence-corrected chi connectivity index (χ2v) is 4.00. The van der Waals surface area contributed by atoms with Crippen molar-refractivity contribution in [3.05, 3.63) is 35.9 Å². The van der Waals surface area contributed by atoms with E-state index in [-0.39, 0.29) is 6.23 Å². The second kappa shape index (κ2) is 5.68. The van der Waals surface area contributed by atoms with Gasteiger partial charge >= 0.3 is 6.16 Å². The molecule has 0 aliphatic carbocycles. The molecule has 1 atom stereocenters. The first kappa shape index (κ1) is 11.9. The SMILES string of the molecule is CCOC(=O)OC1CCN1Cc1ccccc1. The largest absolute Gasteiger partial charge is 0.509 e. The zero-order valence-electron chi connectivity index (χ0n) is 9.96. The van der Waals surface area contributed by atoms with E-state index < -0.39 is 6.16 Å². The highest BCUT2D eigenvalue weighted by Crippen LogP contribution is 2.21. The maximum absolute atomic E-state index is 11.2. The molecule has 1 heterocycles. The fourth-order valence-corrected chi connectivity index (χ4v) is 1.81. The molecule has 1 aromatic rings. The van der Waals surface area contributed by atoms with Crippen molar-refractivity contribution in [2.24, 2.45) is 0 Å². The van der Waals surface area contributed by atoms with Crippen molar-refractivity contribution in [1.82, 2.24) is 4.90 Å². The van der Waals surface area contributed by atoms with Crippen LogP contribution in [-0.4, -0.2) is 30.4 Å². The minimum Gasteiger partial charge on any atom is -0.435 e. The molecule has 0 radical (unpaired) electrons. The van der Waals surface area contributed by atoms with Crippen molar-refractivity contribution in [2.45, 2.75) is 26.1 Å². The van der Waals surface area contributed by atoms with E-state index in [2.05, 4.69) is 17.0 Å². The highest BCUT2D eigenvalue weighted by Gasteiger charge is 2.31. The fourth-order valence-electron chi connectivity index (χ4n) is 1.81. The average Bonchev–Trinajstić information content (AvgIpc) is 2.34. The summed E-state index contributed by atoms with van der Waals surface area (Å²) in [6.45, 7) is 3.89. The molecule has 0 aromatic heterocycles. The number of likely N-dealkylation sites (tertiary alicyclic amines) is 1. The highest BCUT2D eigenvalue weighted by molar-refractivity contribution is 5.60. The Morgan fingerprint density at radius 3 is 2.76 bits per heavy atom. The molecule has 0 N–H and O–H groups in total. The van der Waals surface area contributed by atoms with Gasteiger partial charge in [0.2, 0.25) is 0 Å². The molecule has 1 unspecified atom stereocenters. The third kappa shape index (κ3) is 3.20. The first-order valence-electron chi connectivity index (χ1n) is 5.91. The molecule has 4 heteroatoms. The first-order valence-corrected chi connectivity index (χ1v) is 5.91. The molecule has 1 aromatic carbocycles. The number of ether oxygens (including phenoxy) is 2. The van der Waals surface area contributed by atoms with Crippen LogP contribution in [0.2, 0.25) is 0 Å². The van der Waals surface area contributed by atoms with Crippen LogP contribution in [-0.2, 0) is 16.0 Å². The Morgan fingerprint density at radius 1 is 1.41 bits per heavy atom. The molecule has 1 aliphatic heterocycles. The number of benzene rings is 1. The van der Waals surface area contributed by atoms with Gasteiger partial charge in [0.05, 0.1) is 6.61 Å². The Labute approximate surface area is 101 Å². The molecule has 0 spiro atoms. The van der Waals surface area contributed by atoms with E-state index in [4.69, 9.17) is 9.47 Å². The minimum absolute atomic E-state index is 0.130. The van der Waals surface area contributed by atoms with Crippen molar-refractivity contribution >= 4 is 6.16 Å². The van der Waals surface area contributed by atoms with Gasteiger partial charge in [-0.2, -0.15) is 0 Å². The van der Waals surface area contributed by atoms with E-state index in [1.165, 1.54) is 5.56 Å². The number of rotatable bonds is 4. The lowest BCUT2D eigenvalue weighted by molar-refractivity contribution is -0.106. The Morgan fingerprint density at radius 2 is 2.18 bits per heavy atom. The van der Waals surface area contributed by atoms with Gasteiger partial charge in [0.15, 0.2) is 6.23 Å². The minimum atomic E-state index is -0.574. The smallest absolute Gasteiger partial charge is 0.435 e. The van der Waals surface area contributed by atoms with Crippen LogP contribution in [0.3, 0.4) is 0 Å². The Kier molecular flexibility index (Phi) is 3.98. The van der Waals surface area contributed by atoms with Crippen LogP contribution in [0, 0.1) is 0 Å². The van der Waals surface area contributed by atoms with E-state index in [1.807, 2.05) is 18.2 Å². The molecule has 0 amide bonds. The Balaban J connectivity index is 1.81. The third-order valence-corrected chi connectivity index (χ3v) is 2.79. The summed E-state index contributed by atoms with van der Waals surface area (Å²) in [7, 11) is 0. The van der Waals surface area contributed by atoms with Gasteiger partial charge < -0.3 is 9.47 Å². The lowest BCUT2D eigenvalue weighted by atomic mass is 10.1. The van der Waals surface area contributed by atoms with E-state index in [0.717, 1.165) is 19.5 Å². The lowest BCUT2D eigenvalue weighted by Crippen LogP contribution is -2.49. The predicted octanol–water partition coefficient (Wildman–Crippen LogP) is 2.39. The Bertz CT molecular complexity index is 366. The number of hydrogen-bond acceptors (Lipinski definition) is 4. The topological polar surface area (TPSA) is 38.8 Å². The van der Waals surface area contributed by atoms with E-state index in [0.29, 0.717) is 6.61 Å². The van der Waals surface area contributed by atoms with Crippen molar-refractivity contribution in [3.8, 4) is 0 Å². The van der Waals surface area contributed by atoms with Gasteiger partial charge in [-0.1, -0.05) is 30.3 Å². The van der Waals surface area contributed by atoms with Crippen LogP contribution in [0.1, 0.15) is 18.9 Å². The van der Waals surface area contributed by atoms with Gasteiger partial charge in [-0.15, -0.1) is 0 Å². The van der Waals surface area contributed by atoms with E-state index in [1.54, 1.807) is 6.92 Å². The van der Waals surface area contributed by atoms with Crippen LogP contribution in [0.4, 0.5) is 4.79 Å². The van der Waals surface area contributed by atoms with Crippen LogP contribution >= 0.6 is 0 Å². The molecule has 1 fully saturated rings. The van der Waals surface area contributed by atoms with Crippen molar-refractivity contribution in [3.63, 3.8) is 0 Å². The predicted molar refractivity (Wildman–Crippen MR) is 63.4 cm³/mol. The molecule has 2 rings (SSSR count). The first-order chi connectivity index (χ1) is 8.29. The molecule has 0 bridgehead atoms. The quantitative estimate of drug-likeness (QED) is 0.751. The fraction of sp³-hybridized carbons (Fsp3) is 0.462. The van der Waals surface area contributed by atoms with Gasteiger partial charge in [0, 0.05) is 19.5 Å². The molecule has 4 nitrogen and oxygen atoms in total. The number of carbonyl (C=O) groups is 1. The maximum Gasteiger partial charge on any atom is 0.509 e. The third-order valence-electron chi connectivity index (χ3n) is 2.79. The average molecular weight is 235 g/mol. The summed E-state index contributed by atoms with van der Waals surface area (Å²) in [5.74, 6) is 0. The van der Waals surface area contributed by atoms with Crippen molar-refractivity contribution in [2.75, 3.05) is 13.2 Å². The zero-order valence-corrected chi connectivity index (χ0v) is 9.96. The molecule has 0 saturated carbocycles. The standard InChI is InChI=1S/C13H17NO3/c1-2-16-13(15)17-12-8-9-14(12)10-11-6-4-3-5-7-11/h3-7,12H,2,8-10H2,1H3. The van der Waals surface area contributed by atoms with Gasteiger partial charge in [-0.25, -0.2) is 4.79 Å². The van der Waals surface area contributed by atoms with Gasteiger partial charge in [-0.05, 0) is 12.5 Å². The summed E-state index contributed by atoms with van der Waals surface area (Å²) in [5.41, 5.74) is 1.23. The maximum atomic E-state index is 11.2. The molecular weight excluding hydrogens is 218 g/mol. The van der Waals surface area contributed by atoms with Gasteiger partial charge in [0.1, 0.15) is 0 Å². The zero-order chi connectivity index (χ0) is 12.1. The molecule has 1 aliphatic rings. The number of nitrogens with zero attached hydrogens (tertiary/aromatic N) is 1. The highest BCUT2D eigenvalue weighted by atomic mass is 16.7. The lowest BCUT2D eigenvalue weighted by Gasteiger charge is -2.39. The summed E-state index contributed by atoms with van der Waals surface area (Å²) < 4.78 is 9.94. The van der Waals surface area contributed by atoms with E-state index in [9.17, 15) is 4.79 Å². The van der Waals surface area contributed by atoms with Crippen molar-refractivity contribution in [1.29, 1.82) is 0 Å². The summed E-state index contributed by atoms with van der Waals surface area (Å²) in [4.78, 5) is 13.3. The van der Waals surface area contributed by atoms with E-state index >= 15 is 0 Å². The molecule has 1 saturated heterocycles. The number of carbonyl (C=O) groups excluding carboxylic acids is 1. The van der Waals surface area contributed by atoms with Crippen LogP contribution < -0.4 is 0 Å². The summed E-state index contributed by atoms with van der Waals surface area (Å²) in [5, 5.41) is 0. The second-order valence-electron chi connectivity index (χ2n) is 4.00. The monoisotopic (exact) mass is 235 g/mol. The Hall–Kier alpha value is -1.55. The van der Waals surface area contributed by atoms with Crippen LogP contribution in [0.5, 0.6) is 0 Å². The summed E-state index contributed by atoms with van der Waals surface area (Å²) >= 11 is 0. The van der Waals surface area contributed by atoms with Gasteiger partial charge in [0.25, 0.3) is 0 Å². The number of hydrogen-bond donors (Lipinski definition) is 0. The normalized spacial score (nSPS) is 19.5. The van der Waals surface area contributed by atoms with Crippen LogP contribution in [0.15, 0.2) is 30.3 Å². The summed E-state index contributed by atoms with van der Waals surface area (Å²) in [6, 6.07) is 10.2. The summed E-state index contributed by atoms with van der Waals surface area (Å²) in [6.07, 6.45) is 0.176. The van der Waals surface area contributed by atoms with Gasteiger partial charge in [-0.3, -0.25) is 4.90 Å². The molecular formula is C13H17NO3. The molecule has 92 valence electrons. The van der Waals surface area contributed by atoms with Crippen molar-refractivity contribution < 1.29 is 14.3 Å². The van der Waals surface area contributed by atoms with Crippen LogP contribution in [0.25, 0.3) is 0 Å².